The molecule has 2 aromatic rings. The van der Waals surface area contributed by atoms with Crippen LogP contribution in [0.4, 0.5) is 4.79 Å². The van der Waals surface area contributed by atoms with Crippen molar-refractivity contribution < 1.29 is 14.4 Å². The van der Waals surface area contributed by atoms with Crippen LogP contribution in [0, 0.1) is 0 Å². The average molecular weight is 439 g/mol. The molecule has 0 aliphatic carbocycles. The fourth-order valence-corrected chi connectivity index (χ4v) is 5.14. The molecule has 0 bridgehead atoms. The van der Waals surface area contributed by atoms with Crippen molar-refractivity contribution in [2.75, 3.05) is 13.1 Å². The molecule has 172 valence electrons. The first-order chi connectivity index (χ1) is 15.4. The lowest BCUT2D eigenvalue weighted by molar-refractivity contribution is -0.139. The smallest absolute Gasteiger partial charge is 0.328 e. The number of rotatable bonds is 9. The maximum absolute atomic E-state index is 13.6. The fourth-order valence-electron chi connectivity index (χ4n) is 5.14. The van der Waals surface area contributed by atoms with Crippen molar-refractivity contribution in [1.29, 1.82) is 0 Å². The zero-order valence-corrected chi connectivity index (χ0v) is 19.4. The van der Waals surface area contributed by atoms with Crippen molar-refractivity contribution in [2.24, 2.45) is 0 Å². The fraction of sp³-hybridized carbons (Fsp3) is 0.560. The van der Waals surface area contributed by atoms with Crippen molar-refractivity contribution in [1.82, 2.24) is 20.1 Å². The van der Waals surface area contributed by atoms with Gasteiger partial charge in [-0.05, 0) is 38.3 Å². The van der Waals surface area contributed by atoms with E-state index in [-0.39, 0.29) is 17.8 Å². The van der Waals surface area contributed by atoms with Gasteiger partial charge in [0.1, 0.15) is 6.04 Å². The van der Waals surface area contributed by atoms with Crippen LogP contribution in [0.2, 0.25) is 0 Å². The summed E-state index contributed by atoms with van der Waals surface area (Å²) in [6.45, 7) is 6.65. The predicted molar refractivity (Wildman–Crippen MR) is 124 cm³/mol. The van der Waals surface area contributed by atoms with Gasteiger partial charge in [0.25, 0.3) is 5.91 Å². The second kappa shape index (κ2) is 8.96. The number of nitrogens with zero attached hydrogens (tertiary/aromatic N) is 2. The van der Waals surface area contributed by atoms with Crippen molar-refractivity contribution >= 4 is 28.7 Å². The summed E-state index contributed by atoms with van der Waals surface area (Å²) in [6, 6.07) is 6.73. The number of carbonyl (C=O) groups is 3. The van der Waals surface area contributed by atoms with E-state index in [1.165, 1.54) is 25.7 Å². The maximum atomic E-state index is 13.6. The van der Waals surface area contributed by atoms with Gasteiger partial charge in [0.05, 0.1) is 5.69 Å². The van der Waals surface area contributed by atoms with Gasteiger partial charge in [-0.15, -0.1) is 0 Å². The van der Waals surface area contributed by atoms with Gasteiger partial charge >= 0.3 is 6.03 Å². The summed E-state index contributed by atoms with van der Waals surface area (Å²) in [7, 11) is 0. The van der Waals surface area contributed by atoms with Gasteiger partial charge in [0, 0.05) is 24.0 Å². The molecular formula is C25H34N4O3. The molecular weight excluding hydrogens is 404 g/mol. The van der Waals surface area contributed by atoms with Gasteiger partial charge in [0.15, 0.2) is 5.54 Å². The van der Waals surface area contributed by atoms with Gasteiger partial charge in [-0.2, -0.15) is 0 Å². The normalized spacial score (nSPS) is 21.1. The van der Waals surface area contributed by atoms with Crippen molar-refractivity contribution in [3.63, 3.8) is 0 Å². The summed E-state index contributed by atoms with van der Waals surface area (Å²) in [5.41, 5.74) is 1.70. The highest BCUT2D eigenvalue weighted by Gasteiger charge is 2.60. The number of H-pyrrole nitrogens is 1. The van der Waals surface area contributed by atoms with Crippen molar-refractivity contribution in [3.8, 4) is 0 Å². The van der Waals surface area contributed by atoms with E-state index in [9.17, 15) is 14.4 Å². The molecule has 7 nitrogen and oxygen atoms in total. The van der Waals surface area contributed by atoms with Crippen LogP contribution >= 0.6 is 0 Å². The number of fused-ring (bicyclic) bond motifs is 5. The summed E-state index contributed by atoms with van der Waals surface area (Å²) in [5, 5.41) is 4.00. The first-order valence-electron chi connectivity index (χ1n) is 11.9. The summed E-state index contributed by atoms with van der Waals surface area (Å²) >= 11 is 0. The number of urea groups is 1. The Labute approximate surface area is 189 Å². The first-order valence-corrected chi connectivity index (χ1v) is 11.9. The molecule has 2 N–H and O–H groups in total. The number of benzene rings is 1. The number of carbonyl (C=O) groups excluding carboxylic acids is 3. The van der Waals surface area contributed by atoms with E-state index in [1.807, 2.05) is 24.3 Å². The third kappa shape index (κ3) is 3.57. The lowest BCUT2D eigenvalue weighted by Gasteiger charge is -2.36. The second-order valence-electron chi connectivity index (χ2n) is 9.19. The van der Waals surface area contributed by atoms with E-state index < -0.39 is 11.6 Å². The minimum atomic E-state index is -1.11. The lowest BCUT2D eigenvalue weighted by atomic mass is 9.87. The predicted octanol–water partition coefficient (Wildman–Crippen LogP) is 4.07. The molecule has 4 rings (SSSR count). The number of nitrogens with one attached hydrogen (secondary N) is 2. The molecule has 1 aromatic carbocycles. The van der Waals surface area contributed by atoms with Gasteiger partial charge in [-0.3, -0.25) is 9.59 Å². The Balaban J connectivity index is 1.47. The Kier molecular flexibility index (Phi) is 6.26. The number of para-hydroxylation sites is 1. The molecule has 0 saturated carbocycles. The third-order valence-electron chi connectivity index (χ3n) is 7.09. The van der Waals surface area contributed by atoms with Crippen molar-refractivity contribution in [2.45, 2.75) is 77.3 Å². The van der Waals surface area contributed by atoms with E-state index in [0.29, 0.717) is 19.5 Å². The number of aromatic amines is 1. The second-order valence-corrected chi connectivity index (χ2v) is 9.19. The highest BCUT2D eigenvalue weighted by atomic mass is 16.2. The first kappa shape index (κ1) is 22.4. The molecule has 4 amide bonds. The summed E-state index contributed by atoms with van der Waals surface area (Å²) < 4.78 is 0. The van der Waals surface area contributed by atoms with Gasteiger partial charge in [0.2, 0.25) is 5.91 Å². The zero-order chi connectivity index (χ0) is 22.9. The monoisotopic (exact) mass is 438 g/mol. The molecule has 1 aromatic heterocycles. The topological polar surface area (TPSA) is 85.5 Å². The highest BCUT2D eigenvalue weighted by molar-refractivity contribution is 6.10. The maximum Gasteiger partial charge on any atom is 0.328 e. The molecule has 0 spiro atoms. The molecule has 2 aliphatic rings. The molecule has 0 radical (unpaired) electrons. The number of unbranched alkanes of at least 4 members (excludes halogenated alkanes) is 5. The summed E-state index contributed by atoms with van der Waals surface area (Å²) in [6.07, 6.45) is 7.51. The molecule has 2 atom stereocenters. The SMILES string of the molecule is CCCCCCCCNC(=O)[C@H](C)N1C(=O)N2CCc3c([nH]c4ccccc34)[C@@]2(C)C1=O. The average Bonchev–Trinajstić information content (AvgIpc) is 3.26. The van der Waals surface area contributed by atoms with E-state index >= 15 is 0 Å². The molecule has 2 aliphatic heterocycles. The standard InChI is InChI=1S/C25H34N4O3/c1-4-5-6-7-8-11-15-26-22(30)17(2)29-23(31)25(3)21-19(14-16-28(25)24(29)32)18-12-9-10-13-20(18)27-21/h9-10,12-13,17,27H,4-8,11,14-16H2,1-3H3,(H,26,30)/t17-,25-/m0/s1. The minimum Gasteiger partial charge on any atom is -0.356 e. The van der Waals surface area contributed by atoms with Crippen LogP contribution in [0.15, 0.2) is 24.3 Å². The van der Waals surface area contributed by atoms with E-state index in [0.717, 1.165) is 39.9 Å². The van der Waals surface area contributed by atoms with Crippen LogP contribution in [-0.2, 0) is 21.5 Å². The number of aromatic nitrogens is 1. The van der Waals surface area contributed by atoms with Crippen LogP contribution in [0.3, 0.4) is 0 Å². The van der Waals surface area contributed by atoms with Crippen LogP contribution in [-0.4, -0.2) is 51.8 Å². The number of amides is 4. The van der Waals surface area contributed by atoms with Crippen molar-refractivity contribution in [3.05, 3.63) is 35.5 Å². The summed E-state index contributed by atoms with van der Waals surface area (Å²) in [5.74, 6) is -0.613. The van der Waals surface area contributed by atoms with Gasteiger partial charge in [-0.1, -0.05) is 57.2 Å². The third-order valence-corrected chi connectivity index (χ3v) is 7.09. The highest BCUT2D eigenvalue weighted by Crippen LogP contribution is 2.44. The van der Waals surface area contributed by atoms with Crippen LogP contribution in [0.1, 0.15) is 70.6 Å². The molecule has 0 unspecified atom stereocenters. The minimum absolute atomic E-state index is 0.277. The van der Waals surface area contributed by atoms with Gasteiger partial charge in [-0.25, -0.2) is 9.69 Å². The molecule has 3 heterocycles. The Morgan fingerprint density at radius 3 is 2.66 bits per heavy atom. The number of hydrogen-bond acceptors (Lipinski definition) is 3. The quantitative estimate of drug-likeness (QED) is 0.457. The number of hydrogen-bond donors (Lipinski definition) is 2. The van der Waals surface area contributed by atoms with E-state index in [2.05, 4.69) is 17.2 Å². The van der Waals surface area contributed by atoms with Gasteiger partial charge < -0.3 is 15.2 Å². The van der Waals surface area contributed by atoms with E-state index in [1.54, 1.807) is 18.7 Å². The van der Waals surface area contributed by atoms with Crippen LogP contribution in [0.25, 0.3) is 10.9 Å². The Hall–Kier alpha value is -2.83. The lowest BCUT2D eigenvalue weighted by Crippen LogP contribution is -2.50. The van der Waals surface area contributed by atoms with Crippen LogP contribution in [0.5, 0.6) is 0 Å². The molecule has 32 heavy (non-hydrogen) atoms. The largest absolute Gasteiger partial charge is 0.356 e. The molecule has 1 saturated heterocycles. The zero-order valence-electron chi connectivity index (χ0n) is 19.4. The Bertz CT molecular complexity index is 1030. The van der Waals surface area contributed by atoms with E-state index in [4.69, 9.17) is 0 Å². The number of imide groups is 1. The molecule has 1 fully saturated rings. The Morgan fingerprint density at radius 2 is 1.88 bits per heavy atom. The molecule has 7 heteroatoms. The Morgan fingerprint density at radius 1 is 1.16 bits per heavy atom. The summed E-state index contributed by atoms with van der Waals surface area (Å²) in [4.78, 5) is 45.8. The van der Waals surface area contributed by atoms with Crippen LogP contribution < -0.4 is 5.32 Å².